The van der Waals surface area contributed by atoms with Crippen LogP contribution in [0, 0.1) is 20.8 Å². The molecule has 0 radical (unpaired) electrons. The van der Waals surface area contributed by atoms with E-state index in [1.807, 2.05) is 36.5 Å². The Bertz CT molecular complexity index is 1330. The minimum absolute atomic E-state index is 0.00189. The second kappa shape index (κ2) is 9.24. The number of hydrogen-bond donors (Lipinski definition) is 1. The lowest BCUT2D eigenvalue weighted by molar-refractivity contribution is 0.310. The van der Waals surface area contributed by atoms with Gasteiger partial charge in [0, 0.05) is 34.8 Å². The van der Waals surface area contributed by atoms with Gasteiger partial charge < -0.3 is 14.8 Å². The molecule has 5 rings (SSSR count). The number of thiocarbonyl (C=S) groups is 1. The lowest BCUT2D eigenvalue weighted by Crippen LogP contribution is -2.29. The summed E-state index contributed by atoms with van der Waals surface area (Å²) in [5.74, 6) is 0. The average molecular weight is 487 g/mol. The molecule has 2 aromatic carbocycles. The van der Waals surface area contributed by atoms with Gasteiger partial charge in [-0.3, -0.25) is 4.98 Å². The van der Waals surface area contributed by atoms with Crippen LogP contribution >= 0.6 is 23.8 Å². The van der Waals surface area contributed by atoms with Gasteiger partial charge in [0.1, 0.15) is 0 Å². The molecular weight excluding hydrogens is 460 g/mol. The summed E-state index contributed by atoms with van der Waals surface area (Å²) in [4.78, 5) is 6.97. The molecule has 4 aromatic rings. The molecule has 1 N–H and O–H groups in total. The quantitative estimate of drug-likeness (QED) is 0.321. The Kier molecular flexibility index (Phi) is 6.15. The van der Waals surface area contributed by atoms with E-state index < -0.39 is 0 Å². The van der Waals surface area contributed by atoms with E-state index in [0.29, 0.717) is 0 Å². The van der Waals surface area contributed by atoms with Crippen molar-refractivity contribution >= 4 is 28.9 Å². The van der Waals surface area contributed by atoms with Crippen molar-refractivity contribution in [3.8, 4) is 5.69 Å². The molecule has 2 aromatic heterocycles. The molecule has 0 amide bonds. The minimum Gasteiger partial charge on any atom is -0.352 e. The molecule has 0 aliphatic carbocycles. The number of aromatic nitrogens is 2. The molecule has 3 heterocycles. The third-order valence-electron chi connectivity index (χ3n) is 6.66. The molecule has 172 valence electrons. The molecule has 34 heavy (non-hydrogen) atoms. The first kappa shape index (κ1) is 22.6. The van der Waals surface area contributed by atoms with Gasteiger partial charge in [-0.2, -0.15) is 0 Å². The van der Waals surface area contributed by atoms with Crippen molar-refractivity contribution < 1.29 is 0 Å². The Morgan fingerprint density at radius 2 is 1.74 bits per heavy atom. The Morgan fingerprint density at radius 3 is 2.47 bits per heavy atom. The second-order valence-electron chi connectivity index (χ2n) is 8.79. The zero-order chi connectivity index (χ0) is 23.8. The van der Waals surface area contributed by atoms with Crippen LogP contribution in [0.25, 0.3) is 5.69 Å². The summed E-state index contributed by atoms with van der Waals surface area (Å²) in [5.41, 5.74) is 7.95. The number of hydrogen-bond acceptors (Lipinski definition) is 2. The molecule has 0 unspecified atom stereocenters. The SMILES string of the molecule is Cc1c(Cl)cccc1-n1c(C)cc([C@@H]2[C@H](c3ccccn3)NC(=S)N2Cc2ccccc2)c1C. The topological polar surface area (TPSA) is 33.1 Å². The van der Waals surface area contributed by atoms with E-state index in [0.717, 1.165) is 39.3 Å². The number of aryl methyl sites for hydroxylation is 1. The fourth-order valence-electron chi connectivity index (χ4n) is 4.99. The summed E-state index contributed by atoms with van der Waals surface area (Å²) in [7, 11) is 0. The first-order valence-corrected chi connectivity index (χ1v) is 12.2. The molecule has 6 heteroatoms. The molecule has 1 aliphatic heterocycles. The summed E-state index contributed by atoms with van der Waals surface area (Å²) < 4.78 is 2.30. The van der Waals surface area contributed by atoms with Gasteiger partial charge in [-0.25, -0.2) is 0 Å². The maximum atomic E-state index is 6.48. The van der Waals surface area contributed by atoms with Gasteiger partial charge in [0.05, 0.1) is 17.8 Å². The fourth-order valence-corrected chi connectivity index (χ4v) is 5.47. The zero-order valence-corrected chi connectivity index (χ0v) is 21.1. The van der Waals surface area contributed by atoms with Crippen molar-refractivity contribution in [2.24, 2.45) is 0 Å². The molecule has 1 fully saturated rings. The summed E-state index contributed by atoms with van der Waals surface area (Å²) in [6.07, 6.45) is 1.84. The predicted octanol–water partition coefficient (Wildman–Crippen LogP) is 6.62. The predicted molar refractivity (Wildman–Crippen MR) is 142 cm³/mol. The van der Waals surface area contributed by atoms with Crippen LogP contribution in [0.1, 0.15) is 45.9 Å². The Balaban J connectivity index is 1.64. The number of nitrogens with one attached hydrogen (secondary N) is 1. The fraction of sp³-hybridized carbons (Fsp3) is 0.214. The van der Waals surface area contributed by atoms with Crippen LogP contribution in [0.2, 0.25) is 5.02 Å². The standard InChI is InChI=1S/C28H27ClN4S/c1-18-16-22(20(3)33(18)25-14-9-12-23(29)19(25)2)27-26(24-13-7-8-15-30-24)31-28(34)32(27)17-21-10-5-4-6-11-21/h4-16,26-27H,17H2,1-3H3,(H,31,34)/t26-,27+/m0/s1. The van der Waals surface area contributed by atoms with E-state index in [1.54, 1.807) is 0 Å². The van der Waals surface area contributed by atoms with E-state index in [4.69, 9.17) is 23.8 Å². The highest BCUT2D eigenvalue weighted by Crippen LogP contribution is 2.42. The van der Waals surface area contributed by atoms with E-state index in [-0.39, 0.29) is 12.1 Å². The molecule has 1 aliphatic rings. The molecule has 0 saturated carbocycles. The Hall–Kier alpha value is -3.15. The monoisotopic (exact) mass is 486 g/mol. The van der Waals surface area contributed by atoms with Crippen LogP contribution in [0.5, 0.6) is 0 Å². The van der Waals surface area contributed by atoms with Crippen LogP contribution in [0.3, 0.4) is 0 Å². The summed E-state index contributed by atoms with van der Waals surface area (Å²) in [6.45, 7) is 7.12. The lowest BCUT2D eigenvalue weighted by atomic mass is 9.96. The molecule has 4 nitrogen and oxygen atoms in total. The minimum atomic E-state index is -0.0492. The maximum Gasteiger partial charge on any atom is 0.170 e. The average Bonchev–Trinajstić information content (AvgIpc) is 3.32. The third kappa shape index (κ3) is 3.99. The van der Waals surface area contributed by atoms with Crippen molar-refractivity contribution in [1.29, 1.82) is 0 Å². The Morgan fingerprint density at radius 1 is 0.971 bits per heavy atom. The number of pyridine rings is 1. The first-order valence-electron chi connectivity index (χ1n) is 11.4. The highest BCUT2D eigenvalue weighted by atomic mass is 35.5. The zero-order valence-electron chi connectivity index (χ0n) is 19.5. The molecule has 0 spiro atoms. The van der Waals surface area contributed by atoms with Gasteiger partial charge in [0.15, 0.2) is 5.11 Å². The van der Waals surface area contributed by atoms with Gasteiger partial charge in [0.2, 0.25) is 0 Å². The summed E-state index contributed by atoms with van der Waals surface area (Å²) in [6, 6.07) is 24.8. The third-order valence-corrected chi connectivity index (χ3v) is 7.42. The highest BCUT2D eigenvalue weighted by molar-refractivity contribution is 7.80. The van der Waals surface area contributed by atoms with Crippen LogP contribution in [0.4, 0.5) is 0 Å². The van der Waals surface area contributed by atoms with E-state index in [9.17, 15) is 0 Å². The largest absolute Gasteiger partial charge is 0.352 e. The van der Waals surface area contributed by atoms with E-state index in [1.165, 1.54) is 16.8 Å². The van der Waals surface area contributed by atoms with Gasteiger partial charge in [-0.05, 0) is 80.0 Å². The van der Waals surface area contributed by atoms with Gasteiger partial charge in [-0.1, -0.05) is 54.1 Å². The van der Waals surface area contributed by atoms with Gasteiger partial charge in [0.25, 0.3) is 0 Å². The summed E-state index contributed by atoms with van der Waals surface area (Å²) in [5, 5.41) is 5.08. The molecule has 1 saturated heterocycles. The van der Waals surface area contributed by atoms with Crippen molar-refractivity contribution in [2.75, 3.05) is 0 Å². The van der Waals surface area contributed by atoms with Crippen molar-refractivity contribution in [3.63, 3.8) is 0 Å². The van der Waals surface area contributed by atoms with Crippen molar-refractivity contribution in [1.82, 2.24) is 19.8 Å². The number of rotatable bonds is 5. The van der Waals surface area contributed by atoms with Crippen LogP contribution in [0.15, 0.2) is 79.0 Å². The van der Waals surface area contributed by atoms with E-state index in [2.05, 4.69) is 83.0 Å². The summed E-state index contributed by atoms with van der Waals surface area (Å²) >= 11 is 12.4. The van der Waals surface area contributed by atoms with Crippen LogP contribution < -0.4 is 5.32 Å². The maximum absolute atomic E-state index is 6.48. The van der Waals surface area contributed by atoms with Crippen molar-refractivity contribution in [3.05, 3.63) is 118 Å². The molecule has 2 atom stereocenters. The Labute approximate surface area is 211 Å². The number of halogens is 1. The molecular formula is C28H27ClN4S. The molecule has 0 bridgehead atoms. The van der Waals surface area contributed by atoms with Crippen LogP contribution in [-0.2, 0) is 6.54 Å². The lowest BCUT2D eigenvalue weighted by Gasteiger charge is -2.28. The number of benzene rings is 2. The number of nitrogens with zero attached hydrogens (tertiary/aromatic N) is 3. The van der Waals surface area contributed by atoms with Gasteiger partial charge in [-0.15, -0.1) is 0 Å². The van der Waals surface area contributed by atoms with Crippen molar-refractivity contribution in [2.45, 2.75) is 39.4 Å². The smallest absolute Gasteiger partial charge is 0.170 e. The van der Waals surface area contributed by atoms with Crippen LogP contribution in [-0.4, -0.2) is 19.6 Å². The second-order valence-corrected chi connectivity index (χ2v) is 9.58. The van der Waals surface area contributed by atoms with E-state index >= 15 is 0 Å². The first-order chi connectivity index (χ1) is 16.5. The van der Waals surface area contributed by atoms with Gasteiger partial charge >= 0.3 is 0 Å². The normalized spacial score (nSPS) is 17.8. The highest BCUT2D eigenvalue weighted by Gasteiger charge is 2.41.